The number of rotatable bonds is 9. The molecular formula is C14H30O8. The van der Waals surface area contributed by atoms with E-state index in [1.807, 2.05) is 0 Å². The molecule has 0 saturated carbocycles. The molecule has 0 rings (SSSR count). The van der Waals surface area contributed by atoms with E-state index in [2.05, 4.69) is 0 Å². The molecule has 0 unspecified atom stereocenters. The van der Waals surface area contributed by atoms with E-state index in [-0.39, 0.29) is 32.0 Å². The Morgan fingerprint density at radius 2 is 1.05 bits per heavy atom. The zero-order valence-electron chi connectivity index (χ0n) is 13.3. The summed E-state index contributed by atoms with van der Waals surface area (Å²) in [5.41, 5.74) is 0. The van der Waals surface area contributed by atoms with Crippen molar-refractivity contribution in [2.45, 2.75) is 58.7 Å². The highest BCUT2D eigenvalue weighted by Crippen LogP contribution is 1.98. The van der Waals surface area contributed by atoms with Crippen molar-refractivity contribution in [3.8, 4) is 0 Å². The van der Waals surface area contributed by atoms with Gasteiger partial charge in [-0.2, -0.15) is 0 Å². The van der Waals surface area contributed by atoms with Crippen LogP contribution in [-0.2, 0) is 9.59 Å². The third-order valence-electron chi connectivity index (χ3n) is 2.19. The predicted octanol–water partition coefficient (Wildman–Crippen LogP) is 0.420. The number of aliphatic hydroxyl groups is 4. The molecule has 0 spiro atoms. The van der Waals surface area contributed by atoms with Gasteiger partial charge in [-0.05, 0) is 25.7 Å². The maximum Gasteiger partial charge on any atom is 0.303 e. The van der Waals surface area contributed by atoms with Crippen LogP contribution in [-0.4, -0.2) is 62.1 Å². The molecule has 0 bridgehead atoms. The van der Waals surface area contributed by atoms with Crippen LogP contribution in [0, 0.1) is 5.92 Å². The molecule has 8 heteroatoms. The minimum atomic E-state index is -1.15. The van der Waals surface area contributed by atoms with Gasteiger partial charge in [0.2, 0.25) is 0 Å². The average molecular weight is 326 g/mol. The summed E-state index contributed by atoms with van der Waals surface area (Å²) in [4.78, 5) is 19.8. The van der Waals surface area contributed by atoms with Crippen molar-refractivity contribution in [2.75, 3.05) is 13.2 Å². The van der Waals surface area contributed by atoms with Crippen LogP contribution < -0.4 is 0 Å². The van der Waals surface area contributed by atoms with Gasteiger partial charge < -0.3 is 30.6 Å². The van der Waals surface area contributed by atoms with E-state index < -0.39 is 18.2 Å². The van der Waals surface area contributed by atoms with Crippen LogP contribution >= 0.6 is 0 Å². The number of carboxylic acids is 2. The van der Waals surface area contributed by atoms with Gasteiger partial charge in [0.25, 0.3) is 0 Å². The summed E-state index contributed by atoms with van der Waals surface area (Å²) in [7, 11) is 0. The van der Waals surface area contributed by atoms with Crippen molar-refractivity contribution in [3.05, 3.63) is 0 Å². The van der Waals surface area contributed by atoms with Gasteiger partial charge in [-0.1, -0.05) is 13.8 Å². The highest BCUT2D eigenvalue weighted by atomic mass is 16.5. The first kappa shape index (κ1) is 25.7. The molecule has 0 fully saturated rings. The van der Waals surface area contributed by atoms with Gasteiger partial charge in [0.05, 0.1) is 0 Å². The van der Waals surface area contributed by atoms with E-state index in [0.29, 0.717) is 12.8 Å². The minimum Gasteiger partial charge on any atom is -0.481 e. The molecule has 0 aliphatic carbocycles. The Labute approximate surface area is 131 Å². The van der Waals surface area contributed by atoms with Crippen LogP contribution in [0.2, 0.25) is 0 Å². The van der Waals surface area contributed by atoms with Crippen molar-refractivity contribution in [1.29, 1.82) is 0 Å². The summed E-state index contributed by atoms with van der Waals surface area (Å²) >= 11 is 0. The molecule has 0 aliphatic heterocycles. The van der Waals surface area contributed by atoms with E-state index in [1.165, 1.54) is 0 Å². The number of unbranched alkanes of at least 4 members (excludes halogenated alkanes) is 2. The van der Waals surface area contributed by atoms with E-state index in [1.54, 1.807) is 13.8 Å². The normalized spacial score (nSPS) is 9.64. The summed E-state index contributed by atoms with van der Waals surface area (Å²) < 4.78 is 0. The van der Waals surface area contributed by atoms with Crippen molar-refractivity contribution >= 4 is 11.9 Å². The second kappa shape index (κ2) is 19.8. The third-order valence-corrected chi connectivity index (χ3v) is 2.19. The van der Waals surface area contributed by atoms with E-state index in [0.717, 1.165) is 12.8 Å². The maximum atomic E-state index is 9.90. The largest absolute Gasteiger partial charge is 0.481 e. The minimum absolute atomic E-state index is 0.0370. The van der Waals surface area contributed by atoms with Gasteiger partial charge in [0.15, 0.2) is 6.29 Å². The van der Waals surface area contributed by atoms with Gasteiger partial charge in [-0.3, -0.25) is 9.59 Å². The second-order valence-corrected chi connectivity index (χ2v) is 4.81. The third kappa shape index (κ3) is 36.3. The summed E-state index contributed by atoms with van der Waals surface area (Å²) in [6.45, 7) is 3.87. The maximum absolute atomic E-state index is 9.90. The van der Waals surface area contributed by atoms with Gasteiger partial charge >= 0.3 is 11.9 Å². The topological polar surface area (TPSA) is 156 Å². The first-order valence-electron chi connectivity index (χ1n) is 7.20. The fourth-order valence-corrected chi connectivity index (χ4v) is 0.776. The number of hydrogen-bond acceptors (Lipinski definition) is 6. The van der Waals surface area contributed by atoms with Crippen molar-refractivity contribution < 1.29 is 40.2 Å². The molecular weight excluding hydrogens is 296 g/mol. The quantitative estimate of drug-likeness (QED) is 0.263. The van der Waals surface area contributed by atoms with Gasteiger partial charge in [0.1, 0.15) is 0 Å². The molecule has 0 radical (unpaired) electrons. The lowest BCUT2D eigenvalue weighted by molar-refractivity contribution is -0.139. The monoisotopic (exact) mass is 326 g/mol. The fraction of sp³-hybridized carbons (Fsp3) is 0.857. The molecule has 0 aromatic heterocycles. The summed E-state index contributed by atoms with van der Waals surface area (Å²) in [6.07, 6.45) is 1.31. The van der Waals surface area contributed by atoms with E-state index in [9.17, 15) is 9.59 Å². The highest BCUT2D eigenvalue weighted by molar-refractivity contribution is 5.67. The van der Waals surface area contributed by atoms with Gasteiger partial charge in [-0.25, -0.2) is 0 Å². The number of carbonyl (C=O) groups is 2. The molecule has 0 heterocycles. The Balaban J connectivity index is -0.000000261. The first-order chi connectivity index (χ1) is 10.2. The molecule has 0 aromatic rings. The van der Waals surface area contributed by atoms with Gasteiger partial charge in [0, 0.05) is 32.0 Å². The summed E-state index contributed by atoms with van der Waals surface area (Å²) in [5, 5.41) is 48.8. The number of aliphatic carboxylic acids is 2. The first-order valence-corrected chi connectivity index (χ1v) is 7.20. The highest BCUT2D eigenvalue weighted by Gasteiger charge is 2.00. The zero-order chi connectivity index (χ0) is 18.0. The van der Waals surface area contributed by atoms with Crippen LogP contribution in [0.25, 0.3) is 0 Å². The van der Waals surface area contributed by atoms with Crippen LogP contribution in [0.4, 0.5) is 0 Å². The molecule has 0 saturated heterocycles. The lowest BCUT2D eigenvalue weighted by Crippen LogP contribution is -2.11. The predicted molar refractivity (Wildman–Crippen MR) is 80.2 cm³/mol. The Morgan fingerprint density at radius 3 is 1.18 bits per heavy atom. The molecule has 22 heavy (non-hydrogen) atoms. The summed E-state index contributed by atoms with van der Waals surface area (Å²) in [6, 6.07) is 0. The molecule has 8 nitrogen and oxygen atoms in total. The standard InChI is InChI=1S/C6H10O4.2C4H10O2/c7-5(8)3-1-2-4-6(9)10;1-3(2)4(5)6;5-3-1-2-4-6/h1-4H2,(H,7,8)(H,9,10);3-6H,1-2H3;5-6H,1-4H2. The Morgan fingerprint density at radius 1 is 0.773 bits per heavy atom. The summed E-state index contributed by atoms with van der Waals surface area (Å²) in [5.74, 6) is -1.78. The molecule has 0 atom stereocenters. The lowest BCUT2D eigenvalue weighted by Gasteiger charge is -2.03. The average Bonchev–Trinajstić information content (AvgIpc) is 2.42. The zero-order valence-corrected chi connectivity index (χ0v) is 13.3. The van der Waals surface area contributed by atoms with Crippen LogP contribution in [0.1, 0.15) is 52.4 Å². The van der Waals surface area contributed by atoms with Gasteiger partial charge in [-0.15, -0.1) is 0 Å². The molecule has 0 amide bonds. The SMILES string of the molecule is CC(C)C(O)O.O=C(O)CCCCC(=O)O.OCCCCO. The van der Waals surface area contributed by atoms with Crippen molar-refractivity contribution in [2.24, 2.45) is 5.92 Å². The molecule has 6 N–H and O–H groups in total. The van der Waals surface area contributed by atoms with Crippen molar-refractivity contribution in [3.63, 3.8) is 0 Å². The number of hydrogen-bond donors (Lipinski definition) is 6. The molecule has 134 valence electrons. The fourth-order valence-electron chi connectivity index (χ4n) is 0.776. The molecule has 0 aromatic carbocycles. The lowest BCUT2D eigenvalue weighted by atomic mass is 10.2. The smallest absolute Gasteiger partial charge is 0.303 e. The van der Waals surface area contributed by atoms with Crippen LogP contribution in [0.5, 0.6) is 0 Å². The number of carboxylic acid groups (broad SMARTS) is 2. The van der Waals surface area contributed by atoms with Crippen molar-refractivity contribution in [1.82, 2.24) is 0 Å². The number of aliphatic hydroxyl groups excluding tert-OH is 3. The van der Waals surface area contributed by atoms with Crippen LogP contribution in [0.3, 0.4) is 0 Å². The second-order valence-electron chi connectivity index (χ2n) is 4.81. The van der Waals surface area contributed by atoms with E-state index >= 15 is 0 Å². The Bertz CT molecular complexity index is 227. The van der Waals surface area contributed by atoms with Crippen LogP contribution in [0.15, 0.2) is 0 Å². The van der Waals surface area contributed by atoms with E-state index in [4.69, 9.17) is 30.6 Å². The molecule has 0 aliphatic rings. The Kier molecular flexibility index (Phi) is 23.1. The Hall–Kier alpha value is -1.22.